The molecule has 3 aromatic rings. The predicted molar refractivity (Wildman–Crippen MR) is 95.2 cm³/mol. The van der Waals surface area contributed by atoms with Crippen molar-refractivity contribution >= 4 is 5.82 Å². The summed E-state index contributed by atoms with van der Waals surface area (Å²) in [6, 6.07) is 15.0. The molecule has 1 aliphatic heterocycles. The molecule has 4 heteroatoms. The fraction of sp³-hybridized carbons (Fsp3) is 0.250. The number of nitrogens with one attached hydrogen (secondary N) is 1. The molecule has 0 radical (unpaired) electrons. The Morgan fingerprint density at radius 2 is 1.83 bits per heavy atom. The van der Waals surface area contributed by atoms with Crippen molar-refractivity contribution in [2.75, 3.05) is 11.9 Å². The van der Waals surface area contributed by atoms with Crippen LogP contribution in [-0.4, -0.2) is 16.3 Å². The van der Waals surface area contributed by atoms with E-state index in [0.29, 0.717) is 5.92 Å². The van der Waals surface area contributed by atoms with Gasteiger partial charge in [0.2, 0.25) is 0 Å². The van der Waals surface area contributed by atoms with Gasteiger partial charge in [0.1, 0.15) is 11.6 Å². The number of para-hydroxylation sites is 1. The Hall–Kier alpha value is -2.62. The van der Waals surface area contributed by atoms with E-state index in [1.165, 1.54) is 23.3 Å². The summed E-state index contributed by atoms with van der Waals surface area (Å²) in [5, 5.41) is 8.34. The minimum absolute atomic E-state index is 0.224. The third kappa shape index (κ3) is 2.39. The van der Waals surface area contributed by atoms with Crippen LogP contribution in [0.15, 0.2) is 48.5 Å². The molecular formula is C20H20FN3. The van der Waals surface area contributed by atoms with Gasteiger partial charge in [0.25, 0.3) is 0 Å². The second-order valence-corrected chi connectivity index (χ2v) is 6.48. The van der Waals surface area contributed by atoms with Crippen molar-refractivity contribution in [2.24, 2.45) is 0 Å². The average Bonchev–Trinajstić information content (AvgIpc) is 3.18. The SMILES string of the molecule is CC(C)c1ccccc1-n1nc(-c2ccc(F)cc2)c2c1NCC2. The van der Waals surface area contributed by atoms with Crippen molar-refractivity contribution in [1.29, 1.82) is 0 Å². The summed E-state index contributed by atoms with van der Waals surface area (Å²) in [5.41, 5.74) is 5.47. The molecule has 3 nitrogen and oxygen atoms in total. The molecule has 0 spiro atoms. The van der Waals surface area contributed by atoms with E-state index in [4.69, 9.17) is 5.10 Å². The number of nitrogens with zero attached hydrogens (tertiary/aromatic N) is 2. The van der Waals surface area contributed by atoms with Crippen LogP contribution >= 0.6 is 0 Å². The first-order valence-electron chi connectivity index (χ1n) is 8.36. The molecule has 24 heavy (non-hydrogen) atoms. The highest BCUT2D eigenvalue weighted by atomic mass is 19.1. The minimum atomic E-state index is -0.224. The molecule has 4 rings (SSSR count). The lowest BCUT2D eigenvalue weighted by atomic mass is 10.0. The molecule has 2 heterocycles. The highest BCUT2D eigenvalue weighted by Crippen LogP contribution is 2.36. The summed E-state index contributed by atoms with van der Waals surface area (Å²) in [7, 11) is 0. The Bertz CT molecular complexity index is 878. The van der Waals surface area contributed by atoms with Crippen LogP contribution in [-0.2, 0) is 6.42 Å². The first-order valence-corrected chi connectivity index (χ1v) is 8.36. The van der Waals surface area contributed by atoms with E-state index >= 15 is 0 Å². The largest absolute Gasteiger partial charge is 0.369 e. The number of halogens is 1. The Kier molecular flexibility index (Phi) is 3.60. The van der Waals surface area contributed by atoms with E-state index in [1.54, 1.807) is 12.1 Å². The molecule has 0 aliphatic carbocycles. The van der Waals surface area contributed by atoms with Crippen LogP contribution in [0.1, 0.15) is 30.9 Å². The molecular weight excluding hydrogens is 301 g/mol. The van der Waals surface area contributed by atoms with Crippen LogP contribution < -0.4 is 5.32 Å². The fourth-order valence-electron chi connectivity index (χ4n) is 3.36. The van der Waals surface area contributed by atoms with E-state index in [-0.39, 0.29) is 5.82 Å². The maximum Gasteiger partial charge on any atom is 0.133 e. The van der Waals surface area contributed by atoms with E-state index in [9.17, 15) is 4.39 Å². The van der Waals surface area contributed by atoms with Crippen molar-refractivity contribution < 1.29 is 4.39 Å². The van der Waals surface area contributed by atoms with E-state index < -0.39 is 0 Å². The van der Waals surface area contributed by atoms with Crippen LogP contribution in [0.5, 0.6) is 0 Å². The second-order valence-electron chi connectivity index (χ2n) is 6.48. The number of anilines is 1. The van der Waals surface area contributed by atoms with Crippen molar-refractivity contribution in [3.8, 4) is 16.9 Å². The van der Waals surface area contributed by atoms with Crippen molar-refractivity contribution in [3.05, 3.63) is 65.5 Å². The third-order valence-corrected chi connectivity index (χ3v) is 4.56. The van der Waals surface area contributed by atoms with Gasteiger partial charge in [-0.15, -0.1) is 0 Å². The summed E-state index contributed by atoms with van der Waals surface area (Å²) >= 11 is 0. The molecule has 0 atom stereocenters. The molecule has 1 aliphatic rings. The lowest BCUT2D eigenvalue weighted by Gasteiger charge is -2.14. The van der Waals surface area contributed by atoms with E-state index in [0.717, 1.165) is 35.7 Å². The zero-order valence-electron chi connectivity index (χ0n) is 13.9. The molecule has 1 N–H and O–H groups in total. The van der Waals surface area contributed by atoms with Gasteiger partial charge in [-0.05, 0) is 48.2 Å². The number of rotatable bonds is 3. The predicted octanol–water partition coefficient (Wildman–Crippen LogP) is 4.77. The van der Waals surface area contributed by atoms with Gasteiger partial charge in [0, 0.05) is 17.7 Å². The third-order valence-electron chi connectivity index (χ3n) is 4.56. The highest BCUT2D eigenvalue weighted by Gasteiger charge is 2.25. The van der Waals surface area contributed by atoms with E-state index in [1.807, 2.05) is 10.7 Å². The molecule has 0 saturated heterocycles. The Morgan fingerprint density at radius 1 is 1.08 bits per heavy atom. The van der Waals surface area contributed by atoms with Crippen LogP contribution in [0.25, 0.3) is 16.9 Å². The molecule has 122 valence electrons. The molecule has 1 aromatic heterocycles. The lowest BCUT2D eigenvalue weighted by molar-refractivity contribution is 0.628. The summed E-state index contributed by atoms with van der Waals surface area (Å²) < 4.78 is 15.3. The molecule has 0 saturated carbocycles. The summed E-state index contributed by atoms with van der Waals surface area (Å²) in [6.45, 7) is 5.29. The van der Waals surface area contributed by atoms with Crippen molar-refractivity contribution in [1.82, 2.24) is 9.78 Å². The molecule has 0 fully saturated rings. The van der Waals surface area contributed by atoms with Crippen LogP contribution in [0.4, 0.5) is 10.2 Å². The zero-order valence-corrected chi connectivity index (χ0v) is 13.9. The molecule has 2 aromatic carbocycles. The van der Waals surface area contributed by atoms with Gasteiger partial charge < -0.3 is 5.32 Å². The summed E-state index contributed by atoms with van der Waals surface area (Å²) in [6.07, 6.45) is 0.936. The van der Waals surface area contributed by atoms with Gasteiger partial charge in [0.05, 0.1) is 11.4 Å². The van der Waals surface area contributed by atoms with Gasteiger partial charge in [-0.1, -0.05) is 32.0 Å². The second kappa shape index (κ2) is 5.78. The van der Waals surface area contributed by atoms with Crippen molar-refractivity contribution in [2.45, 2.75) is 26.2 Å². The standard InChI is InChI=1S/C20H20FN3/c1-13(2)16-5-3-4-6-18(16)24-20-17(11-12-22-20)19(23-24)14-7-9-15(21)10-8-14/h3-10,13,22H,11-12H2,1-2H3. The molecule has 0 amide bonds. The van der Waals surface area contributed by atoms with Crippen molar-refractivity contribution in [3.63, 3.8) is 0 Å². The summed E-state index contributed by atoms with van der Waals surface area (Å²) in [4.78, 5) is 0. The first kappa shape index (κ1) is 14.9. The minimum Gasteiger partial charge on any atom is -0.369 e. The number of benzene rings is 2. The highest BCUT2D eigenvalue weighted by molar-refractivity contribution is 5.73. The normalized spacial score (nSPS) is 13.2. The van der Waals surface area contributed by atoms with Crippen LogP contribution in [0, 0.1) is 5.82 Å². The van der Waals surface area contributed by atoms with Gasteiger partial charge in [-0.3, -0.25) is 0 Å². The zero-order chi connectivity index (χ0) is 16.7. The molecule has 0 bridgehead atoms. The Labute approximate surface area is 141 Å². The summed E-state index contributed by atoms with van der Waals surface area (Å²) in [5.74, 6) is 1.25. The monoisotopic (exact) mass is 321 g/mol. The first-order chi connectivity index (χ1) is 11.6. The van der Waals surface area contributed by atoms with Gasteiger partial charge >= 0.3 is 0 Å². The lowest BCUT2D eigenvalue weighted by Crippen LogP contribution is -2.07. The van der Waals surface area contributed by atoms with Crippen LogP contribution in [0.3, 0.4) is 0 Å². The average molecular weight is 321 g/mol. The molecule has 0 unspecified atom stereocenters. The number of hydrogen-bond donors (Lipinski definition) is 1. The number of fused-ring (bicyclic) bond motifs is 1. The number of aromatic nitrogens is 2. The number of hydrogen-bond acceptors (Lipinski definition) is 2. The maximum absolute atomic E-state index is 13.3. The fourth-order valence-corrected chi connectivity index (χ4v) is 3.36. The Balaban J connectivity index is 1.90. The topological polar surface area (TPSA) is 29.9 Å². The van der Waals surface area contributed by atoms with Crippen LogP contribution in [0.2, 0.25) is 0 Å². The van der Waals surface area contributed by atoms with E-state index in [2.05, 4.69) is 37.4 Å². The van der Waals surface area contributed by atoms with Gasteiger partial charge in [0.15, 0.2) is 0 Å². The van der Waals surface area contributed by atoms with Gasteiger partial charge in [-0.2, -0.15) is 5.10 Å². The van der Waals surface area contributed by atoms with Gasteiger partial charge in [-0.25, -0.2) is 9.07 Å². The maximum atomic E-state index is 13.3. The quantitative estimate of drug-likeness (QED) is 0.753. The smallest absolute Gasteiger partial charge is 0.133 e. The Morgan fingerprint density at radius 3 is 2.58 bits per heavy atom.